The maximum Gasteiger partial charge on any atom is 0.241 e. The van der Waals surface area contributed by atoms with Crippen molar-refractivity contribution < 1.29 is 5.11 Å². The Bertz CT molecular complexity index is 545. The molecule has 0 aliphatic heterocycles. The van der Waals surface area contributed by atoms with Crippen molar-refractivity contribution in [1.82, 2.24) is 24.5 Å². The summed E-state index contributed by atoms with van der Waals surface area (Å²) in [5, 5.41) is 9.12. The lowest BCUT2D eigenvalue weighted by molar-refractivity contribution is 0.288. The molecule has 0 saturated heterocycles. The third-order valence-corrected chi connectivity index (χ3v) is 2.93. The van der Waals surface area contributed by atoms with Crippen LogP contribution in [0, 0.1) is 0 Å². The molecule has 0 atom stereocenters. The topological polar surface area (TPSA) is 80.0 Å². The minimum atomic E-state index is 0.121. The molecule has 0 amide bonds. The summed E-state index contributed by atoms with van der Waals surface area (Å²) < 4.78 is 1.67. The quantitative estimate of drug-likeness (QED) is 0.866. The van der Waals surface area contributed by atoms with E-state index in [4.69, 9.17) is 16.7 Å². The van der Waals surface area contributed by atoms with Gasteiger partial charge in [-0.05, 0) is 31.9 Å². The molecule has 0 saturated carbocycles. The van der Waals surface area contributed by atoms with Crippen LogP contribution in [0.1, 0.15) is 20.3 Å². The molecule has 0 aromatic carbocycles. The summed E-state index contributed by atoms with van der Waals surface area (Å²) in [7, 11) is 0. The Morgan fingerprint density at radius 3 is 2.75 bits per heavy atom. The van der Waals surface area contributed by atoms with E-state index in [0.29, 0.717) is 24.9 Å². The number of aliphatic hydroxyl groups is 1. The van der Waals surface area contributed by atoms with Crippen LogP contribution in [0.3, 0.4) is 0 Å². The molecule has 0 aliphatic carbocycles. The van der Waals surface area contributed by atoms with Gasteiger partial charge in [0.05, 0.1) is 0 Å². The highest BCUT2D eigenvalue weighted by Crippen LogP contribution is 2.16. The predicted octanol–water partition coefficient (Wildman–Crippen LogP) is 1.31. The summed E-state index contributed by atoms with van der Waals surface area (Å²) in [6.45, 7) is 4.84. The first-order chi connectivity index (χ1) is 9.61. The molecule has 0 fully saturated rings. The van der Waals surface area contributed by atoms with E-state index in [2.05, 4.69) is 19.9 Å². The molecule has 0 aliphatic rings. The second kappa shape index (κ2) is 6.62. The smallest absolute Gasteiger partial charge is 0.241 e. The molecule has 2 aromatic rings. The van der Waals surface area contributed by atoms with Crippen LogP contribution in [0.4, 0.5) is 5.95 Å². The highest BCUT2D eigenvalue weighted by Gasteiger charge is 2.16. The van der Waals surface area contributed by atoms with Gasteiger partial charge < -0.3 is 10.0 Å². The van der Waals surface area contributed by atoms with Crippen molar-refractivity contribution in [3.8, 4) is 5.95 Å². The summed E-state index contributed by atoms with van der Waals surface area (Å²) in [6, 6.07) is 0.190. The van der Waals surface area contributed by atoms with Crippen LogP contribution in [-0.4, -0.2) is 48.8 Å². The van der Waals surface area contributed by atoms with E-state index < -0.39 is 0 Å². The molecular formula is C12H17ClN6O. The van der Waals surface area contributed by atoms with Gasteiger partial charge >= 0.3 is 0 Å². The minimum absolute atomic E-state index is 0.121. The zero-order chi connectivity index (χ0) is 14.5. The van der Waals surface area contributed by atoms with Crippen LogP contribution in [-0.2, 0) is 0 Å². The Morgan fingerprint density at radius 1 is 1.35 bits per heavy atom. The molecule has 1 N–H and O–H groups in total. The Labute approximate surface area is 122 Å². The summed E-state index contributed by atoms with van der Waals surface area (Å²) in [5.41, 5.74) is 0. The predicted molar refractivity (Wildman–Crippen MR) is 76.1 cm³/mol. The summed E-state index contributed by atoms with van der Waals surface area (Å²) in [4.78, 5) is 18.6. The van der Waals surface area contributed by atoms with Crippen LogP contribution in [0.2, 0.25) is 5.28 Å². The SMILES string of the molecule is CC(C)N(CCCO)c1nc(Cl)nc(-n2ccnc2)n1. The number of hydrogen-bond acceptors (Lipinski definition) is 6. The van der Waals surface area contributed by atoms with Gasteiger partial charge in [0.25, 0.3) is 0 Å². The standard InChI is InChI=1S/C12H17ClN6O/c1-9(2)19(5-3-7-20)12-16-10(13)15-11(17-12)18-6-4-14-8-18/h4,6,8-9,20H,3,5,7H2,1-2H3. The van der Waals surface area contributed by atoms with Crippen LogP contribution < -0.4 is 4.90 Å². The Kier molecular flexibility index (Phi) is 4.86. The van der Waals surface area contributed by atoms with E-state index in [0.717, 1.165) is 0 Å². The second-order valence-electron chi connectivity index (χ2n) is 4.54. The number of aromatic nitrogens is 5. The summed E-state index contributed by atoms with van der Waals surface area (Å²) in [5.74, 6) is 0.921. The first-order valence-corrected chi connectivity index (χ1v) is 6.77. The fourth-order valence-corrected chi connectivity index (χ4v) is 1.93. The number of hydrogen-bond donors (Lipinski definition) is 1. The molecule has 0 bridgehead atoms. The third-order valence-electron chi connectivity index (χ3n) is 2.76. The number of halogens is 1. The number of rotatable bonds is 6. The highest BCUT2D eigenvalue weighted by atomic mass is 35.5. The van der Waals surface area contributed by atoms with Crippen molar-refractivity contribution in [1.29, 1.82) is 0 Å². The first-order valence-electron chi connectivity index (χ1n) is 6.39. The average molecular weight is 297 g/mol. The lowest BCUT2D eigenvalue weighted by Gasteiger charge is -2.26. The van der Waals surface area contributed by atoms with Crippen molar-refractivity contribution in [2.75, 3.05) is 18.1 Å². The second-order valence-corrected chi connectivity index (χ2v) is 4.88. The molecule has 0 unspecified atom stereocenters. The first kappa shape index (κ1) is 14.7. The van der Waals surface area contributed by atoms with Gasteiger partial charge in [-0.15, -0.1) is 0 Å². The molecule has 2 aromatic heterocycles. The molecule has 8 heteroatoms. The zero-order valence-corrected chi connectivity index (χ0v) is 12.2. The Hall–Kier alpha value is -1.73. The molecule has 20 heavy (non-hydrogen) atoms. The van der Waals surface area contributed by atoms with Gasteiger partial charge in [-0.3, -0.25) is 4.57 Å². The Morgan fingerprint density at radius 2 is 2.15 bits per heavy atom. The van der Waals surface area contributed by atoms with E-state index in [1.54, 1.807) is 23.3 Å². The number of imidazole rings is 1. The van der Waals surface area contributed by atoms with Crippen LogP contribution in [0.5, 0.6) is 0 Å². The van der Waals surface area contributed by atoms with Gasteiger partial charge in [-0.2, -0.15) is 15.0 Å². The summed E-state index contributed by atoms with van der Waals surface area (Å²) >= 11 is 5.98. The normalized spacial score (nSPS) is 11.1. The molecule has 2 rings (SSSR count). The van der Waals surface area contributed by atoms with Gasteiger partial charge in [0.15, 0.2) is 0 Å². The van der Waals surface area contributed by atoms with Crippen LogP contribution in [0.25, 0.3) is 5.95 Å². The van der Waals surface area contributed by atoms with E-state index in [9.17, 15) is 0 Å². The van der Waals surface area contributed by atoms with E-state index in [1.165, 1.54) is 0 Å². The molecule has 0 spiro atoms. The molecule has 7 nitrogen and oxygen atoms in total. The van der Waals surface area contributed by atoms with Gasteiger partial charge in [-0.25, -0.2) is 4.98 Å². The van der Waals surface area contributed by atoms with Gasteiger partial charge in [0.1, 0.15) is 6.33 Å². The largest absolute Gasteiger partial charge is 0.396 e. The molecule has 108 valence electrons. The zero-order valence-electron chi connectivity index (χ0n) is 11.4. The van der Waals surface area contributed by atoms with Crippen molar-refractivity contribution in [3.63, 3.8) is 0 Å². The maximum atomic E-state index is 8.98. The van der Waals surface area contributed by atoms with Crippen molar-refractivity contribution in [3.05, 3.63) is 24.0 Å². The van der Waals surface area contributed by atoms with Crippen LogP contribution in [0.15, 0.2) is 18.7 Å². The fourth-order valence-electron chi connectivity index (χ4n) is 1.78. The Balaban J connectivity index is 2.34. The highest BCUT2D eigenvalue weighted by molar-refractivity contribution is 6.28. The van der Waals surface area contributed by atoms with E-state index >= 15 is 0 Å². The van der Waals surface area contributed by atoms with E-state index in [-0.39, 0.29) is 17.9 Å². The maximum absolute atomic E-state index is 8.98. The average Bonchev–Trinajstić information content (AvgIpc) is 2.92. The minimum Gasteiger partial charge on any atom is -0.396 e. The lowest BCUT2D eigenvalue weighted by atomic mass is 10.3. The van der Waals surface area contributed by atoms with Crippen molar-refractivity contribution in [2.24, 2.45) is 0 Å². The third kappa shape index (κ3) is 3.43. The molecule has 0 radical (unpaired) electrons. The van der Waals surface area contributed by atoms with Gasteiger partial charge in [-0.1, -0.05) is 0 Å². The lowest BCUT2D eigenvalue weighted by Crippen LogP contribution is -2.34. The van der Waals surface area contributed by atoms with Crippen molar-refractivity contribution >= 4 is 17.5 Å². The van der Waals surface area contributed by atoms with Gasteiger partial charge in [0.2, 0.25) is 17.2 Å². The van der Waals surface area contributed by atoms with Crippen molar-refractivity contribution in [2.45, 2.75) is 26.3 Å². The molecular weight excluding hydrogens is 280 g/mol. The monoisotopic (exact) mass is 296 g/mol. The van der Waals surface area contributed by atoms with Gasteiger partial charge in [0, 0.05) is 31.6 Å². The summed E-state index contributed by atoms with van der Waals surface area (Å²) in [6.07, 6.45) is 5.62. The number of nitrogens with zero attached hydrogens (tertiary/aromatic N) is 6. The fraction of sp³-hybridized carbons (Fsp3) is 0.500. The van der Waals surface area contributed by atoms with Crippen LogP contribution >= 0.6 is 11.6 Å². The van der Waals surface area contributed by atoms with E-state index in [1.807, 2.05) is 18.7 Å². The molecule has 2 heterocycles. The number of anilines is 1. The number of aliphatic hydroxyl groups excluding tert-OH is 1.